The van der Waals surface area contributed by atoms with E-state index in [1.165, 1.54) is 0 Å². The molecule has 1 N–H and O–H groups in total. The first-order valence-electron chi connectivity index (χ1n) is 8.71. The number of rotatable bonds is 5. The lowest BCUT2D eigenvalue weighted by molar-refractivity contribution is -0.128. The number of hydrogen-bond acceptors (Lipinski definition) is 3. The maximum absolute atomic E-state index is 12.7. The van der Waals surface area contributed by atoms with Crippen LogP contribution in [0.3, 0.4) is 0 Å². The van der Waals surface area contributed by atoms with Gasteiger partial charge in [0.05, 0.1) is 0 Å². The molecule has 0 saturated carbocycles. The summed E-state index contributed by atoms with van der Waals surface area (Å²) in [6.07, 6.45) is 4.21. The maximum Gasteiger partial charge on any atom is 0.249 e. The van der Waals surface area contributed by atoms with E-state index in [2.05, 4.69) is 10.3 Å². The van der Waals surface area contributed by atoms with Crippen molar-refractivity contribution in [2.45, 2.75) is 38.6 Å². The van der Waals surface area contributed by atoms with Crippen LogP contribution in [0.1, 0.15) is 30.5 Å². The van der Waals surface area contributed by atoms with Gasteiger partial charge in [0, 0.05) is 30.5 Å². The molecule has 0 unspecified atom stereocenters. The summed E-state index contributed by atoms with van der Waals surface area (Å²) in [5, 5.41) is 2.89. The van der Waals surface area contributed by atoms with Gasteiger partial charge < -0.3 is 10.2 Å². The summed E-state index contributed by atoms with van der Waals surface area (Å²) in [7, 11) is 0. The molecule has 0 radical (unpaired) electrons. The molecule has 1 aliphatic rings. The van der Waals surface area contributed by atoms with Gasteiger partial charge in [0.1, 0.15) is 6.04 Å². The Hall–Kier alpha value is -2.69. The summed E-state index contributed by atoms with van der Waals surface area (Å²) in [4.78, 5) is 30.9. The Kier molecular flexibility index (Phi) is 5.43. The van der Waals surface area contributed by atoms with E-state index >= 15 is 0 Å². The molecule has 1 atom stereocenters. The van der Waals surface area contributed by atoms with Crippen molar-refractivity contribution < 1.29 is 9.59 Å². The van der Waals surface area contributed by atoms with Crippen LogP contribution in [0, 0.1) is 6.92 Å². The number of amides is 2. The van der Waals surface area contributed by atoms with Crippen LogP contribution >= 0.6 is 0 Å². The van der Waals surface area contributed by atoms with E-state index in [1.807, 2.05) is 49.4 Å². The SMILES string of the molecule is Cc1ccc(N2CCC[C@H](NC(=O)CCc3ccccn3)C2=O)cc1. The highest BCUT2D eigenvalue weighted by molar-refractivity contribution is 5.99. The molecule has 130 valence electrons. The van der Waals surface area contributed by atoms with Crippen LogP contribution in [0.15, 0.2) is 48.7 Å². The second kappa shape index (κ2) is 7.92. The minimum Gasteiger partial charge on any atom is -0.344 e. The third-order valence-electron chi connectivity index (χ3n) is 4.45. The van der Waals surface area contributed by atoms with Crippen molar-refractivity contribution in [3.05, 3.63) is 59.9 Å². The molecule has 1 aliphatic heterocycles. The maximum atomic E-state index is 12.7. The second-order valence-corrected chi connectivity index (χ2v) is 6.41. The number of carbonyl (C=O) groups excluding carboxylic acids is 2. The predicted molar refractivity (Wildman–Crippen MR) is 97.3 cm³/mol. The summed E-state index contributed by atoms with van der Waals surface area (Å²) >= 11 is 0. The van der Waals surface area contributed by atoms with Crippen LogP contribution in [0.5, 0.6) is 0 Å². The smallest absolute Gasteiger partial charge is 0.249 e. The Labute approximate surface area is 148 Å². The summed E-state index contributed by atoms with van der Waals surface area (Å²) in [6.45, 7) is 2.72. The molecule has 2 aromatic rings. The molecule has 1 aromatic heterocycles. The lowest BCUT2D eigenvalue weighted by Gasteiger charge is -2.32. The van der Waals surface area contributed by atoms with E-state index in [0.717, 1.165) is 23.4 Å². The van der Waals surface area contributed by atoms with Crippen molar-refractivity contribution in [1.29, 1.82) is 0 Å². The van der Waals surface area contributed by atoms with Crippen molar-refractivity contribution in [1.82, 2.24) is 10.3 Å². The van der Waals surface area contributed by atoms with Gasteiger partial charge in [0.25, 0.3) is 0 Å². The van der Waals surface area contributed by atoms with Crippen molar-refractivity contribution in [3.8, 4) is 0 Å². The molecular weight excluding hydrogens is 314 g/mol. The zero-order valence-electron chi connectivity index (χ0n) is 14.4. The molecule has 25 heavy (non-hydrogen) atoms. The Morgan fingerprint density at radius 1 is 1.24 bits per heavy atom. The lowest BCUT2D eigenvalue weighted by Crippen LogP contribution is -2.52. The molecule has 0 bridgehead atoms. The number of aryl methyl sites for hydroxylation is 2. The number of anilines is 1. The van der Waals surface area contributed by atoms with Gasteiger partial charge in [-0.05, 0) is 50.5 Å². The Bertz CT molecular complexity index is 728. The van der Waals surface area contributed by atoms with Crippen LogP contribution in [0.2, 0.25) is 0 Å². The average Bonchev–Trinajstić information content (AvgIpc) is 2.63. The van der Waals surface area contributed by atoms with Gasteiger partial charge >= 0.3 is 0 Å². The number of nitrogens with zero attached hydrogens (tertiary/aromatic N) is 2. The van der Waals surface area contributed by atoms with Crippen LogP contribution in [-0.4, -0.2) is 29.4 Å². The first-order valence-corrected chi connectivity index (χ1v) is 8.71. The fourth-order valence-electron chi connectivity index (χ4n) is 3.04. The van der Waals surface area contributed by atoms with E-state index in [9.17, 15) is 9.59 Å². The first-order chi connectivity index (χ1) is 12.1. The van der Waals surface area contributed by atoms with Gasteiger partial charge in [-0.15, -0.1) is 0 Å². The lowest BCUT2D eigenvalue weighted by atomic mass is 10.0. The van der Waals surface area contributed by atoms with Crippen LogP contribution in [0.25, 0.3) is 0 Å². The fourth-order valence-corrected chi connectivity index (χ4v) is 3.04. The number of carbonyl (C=O) groups is 2. The minimum absolute atomic E-state index is 0.0266. The highest BCUT2D eigenvalue weighted by atomic mass is 16.2. The van der Waals surface area contributed by atoms with Gasteiger partial charge in [0.2, 0.25) is 11.8 Å². The van der Waals surface area contributed by atoms with E-state index in [0.29, 0.717) is 25.8 Å². The van der Waals surface area contributed by atoms with Crippen molar-refractivity contribution in [2.75, 3.05) is 11.4 Å². The average molecular weight is 337 g/mol. The quantitative estimate of drug-likeness (QED) is 0.912. The molecule has 2 amide bonds. The second-order valence-electron chi connectivity index (χ2n) is 6.41. The third kappa shape index (κ3) is 4.44. The fraction of sp³-hybridized carbons (Fsp3) is 0.350. The number of pyridine rings is 1. The largest absolute Gasteiger partial charge is 0.344 e. The molecule has 1 fully saturated rings. The van der Waals surface area contributed by atoms with Crippen LogP contribution in [0.4, 0.5) is 5.69 Å². The Morgan fingerprint density at radius 2 is 2.04 bits per heavy atom. The first kappa shape index (κ1) is 17.1. The summed E-state index contributed by atoms with van der Waals surface area (Å²) in [5.41, 5.74) is 2.93. The zero-order chi connectivity index (χ0) is 17.6. The van der Waals surface area contributed by atoms with E-state index in [1.54, 1.807) is 11.1 Å². The van der Waals surface area contributed by atoms with Gasteiger partial charge in [-0.1, -0.05) is 23.8 Å². The zero-order valence-corrected chi connectivity index (χ0v) is 14.4. The van der Waals surface area contributed by atoms with Crippen molar-refractivity contribution in [2.24, 2.45) is 0 Å². The Balaban J connectivity index is 1.57. The van der Waals surface area contributed by atoms with Crippen LogP contribution in [-0.2, 0) is 16.0 Å². The van der Waals surface area contributed by atoms with Gasteiger partial charge in [-0.2, -0.15) is 0 Å². The number of aromatic nitrogens is 1. The summed E-state index contributed by atoms with van der Waals surface area (Å²) in [5.74, 6) is -0.129. The van der Waals surface area contributed by atoms with Gasteiger partial charge in [-0.3, -0.25) is 14.6 Å². The topological polar surface area (TPSA) is 62.3 Å². The molecule has 0 spiro atoms. The number of nitrogens with one attached hydrogen (secondary N) is 1. The van der Waals surface area contributed by atoms with Crippen molar-refractivity contribution >= 4 is 17.5 Å². The monoisotopic (exact) mass is 337 g/mol. The van der Waals surface area contributed by atoms with Crippen molar-refractivity contribution in [3.63, 3.8) is 0 Å². The molecule has 5 heteroatoms. The standard InChI is InChI=1S/C20H23N3O2/c1-15-7-10-17(11-8-15)23-14-4-6-18(20(23)25)22-19(24)12-9-16-5-2-3-13-21-16/h2-3,5,7-8,10-11,13,18H,4,6,9,12,14H2,1H3,(H,22,24)/t18-/m0/s1. The number of benzene rings is 1. The molecule has 5 nitrogen and oxygen atoms in total. The van der Waals surface area contributed by atoms with E-state index < -0.39 is 6.04 Å². The highest BCUT2D eigenvalue weighted by Gasteiger charge is 2.30. The highest BCUT2D eigenvalue weighted by Crippen LogP contribution is 2.21. The normalized spacial score (nSPS) is 17.4. The number of hydrogen-bond donors (Lipinski definition) is 1. The summed E-state index contributed by atoms with van der Waals surface area (Å²) < 4.78 is 0. The number of piperidine rings is 1. The molecular formula is C20H23N3O2. The van der Waals surface area contributed by atoms with Gasteiger partial charge in [-0.25, -0.2) is 0 Å². The molecule has 3 rings (SSSR count). The summed E-state index contributed by atoms with van der Waals surface area (Å²) in [6, 6.07) is 13.1. The molecule has 0 aliphatic carbocycles. The predicted octanol–water partition coefficient (Wildman–Crippen LogP) is 2.63. The van der Waals surface area contributed by atoms with Gasteiger partial charge in [0.15, 0.2) is 0 Å². The molecule has 1 saturated heterocycles. The van der Waals surface area contributed by atoms with E-state index in [4.69, 9.17) is 0 Å². The van der Waals surface area contributed by atoms with E-state index in [-0.39, 0.29) is 11.8 Å². The molecule has 1 aromatic carbocycles. The third-order valence-corrected chi connectivity index (χ3v) is 4.45. The van der Waals surface area contributed by atoms with Crippen LogP contribution < -0.4 is 10.2 Å². The minimum atomic E-state index is -0.439. The Morgan fingerprint density at radius 3 is 2.76 bits per heavy atom. The molecule has 2 heterocycles.